The standard InChI is InChI=1S/C21H21NO2/c1-16-13-20(19-11-7-4-8-12-19)22(14-17(16)2)21(23)24-15-18-9-5-3-6-10-18/h3-14,20H,15H2,1-2H3. The quantitative estimate of drug-likeness (QED) is 0.775. The molecule has 0 fully saturated rings. The summed E-state index contributed by atoms with van der Waals surface area (Å²) >= 11 is 0. The Morgan fingerprint density at radius 2 is 1.58 bits per heavy atom. The number of benzene rings is 2. The Bertz CT molecular complexity index is 763. The highest BCUT2D eigenvalue weighted by Crippen LogP contribution is 2.31. The third kappa shape index (κ3) is 3.57. The number of hydrogen-bond acceptors (Lipinski definition) is 2. The molecular weight excluding hydrogens is 298 g/mol. The van der Waals surface area contributed by atoms with Crippen molar-refractivity contribution in [1.82, 2.24) is 4.90 Å². The third-order valence-corrected chi connectivity index (χ3v) is 4.22. The van der Waals surface area contributed by atoms with Crippen molar-refractivity contribution in [2.45, 2.75) is 26.5 Å². The van der Waals surface area contributed by atoms with Gasteiger partial charge in [-0.3, -0.25) is 4.90 Å². The molecule has 0 saturated carbocycles. The molecule has 1 amide bonds. The van der Waals surface area contributed by atoms with E-state index in [1.807, 2.05) is 73.8 Å². The summed E-state index contributed by atoms with van der Waals surface area (Å²) < 4.78 is 5.52. The van der Waals surface area contributed by atoms with E-state index in [0.29, 0.717) is 0 Å². The van der Waals surface area contributed by atoms with Gasteiger partial charge >= 0.3 is 6.09 Å². The van der Waals surface area contributed by atoms with E-state index in [0.717, 1.165) is 16.7 Å². The molecule has 1 atom stereocenters. The van der Waals surface area contributed by atoms with Crippen molar-refractivity contribution in [3.05, 3.63) is 95.2 Å². The first-order valence-corrected chi connectivity index (χ1v) is 8.06. The molecule has 1 aliphatic rings. The van der Waals surface area contributed by atoms with Crippen molar-refractivity contribution in [1.29, 1.82) is 0 Å². The van der Waals surface area contributed by atoms with Gasteiger partial charge in [0.1, 0.15) is 6.61 Å². The molecular formula is C21H21NO2. The van der Waals surface area contributed by atoms with Crippen LogP contribution in [0.3, 0.4) is 0 Å². The summed E-state index contributed by atoms with van der Waals surface area (Å²) in [5.41, 5.74) is 4.29. The third-order valence-electron chi connectivity index (χ3n) is 4.22. The Labute approximate surface area is 142 Å². The number of hydrogen-bond donors (Lipinski definition) is 0. The maximum absolute atomic E-state index is 12.6. The molecule has 1 unspecified atom stereocenters. The van der Waals surface area contributed by atoms with Gasteiger partial charge in [0, 0.05) is 6.20 Å². The van der Waals surface area contributed by atoms with E-state index >= 15 is 0 Å². The van der Waals surface area contributed by atoms with E-state index in [4.69, 9.17) is 4.74 Å². The number of ether oxygens (including phenoxy) is 1. The number of carbonyl (C=O) groups is 1. The van der Waals surface area contributed by atoms with Crippen molar-refractivity contribution in [3.63, 3.8) is 0 Å². The fourth-order valence-electron chi connectivity index (χ4n) is 2.71. The first-order valence-electron chi connectivity index (χ1n) is 8.06. The summed E-state index contributed by atoms with van der Waals surface area (Å²) in [4.78, 5) is 14.3. The van der Waals surface area contributed by atoms with Gasteiger partial charge in [0.05, 0.1) is 6.04 Å². The molecule has 0 aliphatic carbocycles. The van der Waals surface area contributed by atoms with Gasteiger partial charge < -0.3 is 4.74 Å². The molecule has 0 bridgehead atoms. The first kappa shape index (κ1) is 16.1. The minimum atomic E-state index is -0.337. The van der Waals surface area contributed by atoms with Crippen molar-refractivity contribution in [3.8, 4) is 0 Å². The van der Waals surface area contributed by atoms with Gasteiger partial charge in [-0.15, -0.1) is 0 Å². The van der Waals surface area contributed by atoms with Gasteiger partial charge in [0.25, 0.3) is 0 Å². The molecule has 2 aromatic rings. The van der Waals surface area contributed by atoms with E-state index in [1.165, 1.54) is 5.57 Å². The average Bonchev–Trinajstić information content (AvgIpc) is 2.63. The van der Waals surface area contributed by atoms with Gasteiger partial charge in [-0.2, -0.15) is 0 Å². The van der Waals surface area contributed by atoms with Crippen LogP contribution in [0.5, 0.6) is 0 Å². The fourth-order valence-corrected chi connectivity index (χ4v) is 2.71. The normalized spacial score (nSPS) is 17.1. The number of carbonyl (C=O) groups excluding carboxylic acids is 1. The van der Waals surface area contributed by atoms with Crippen molar-refractivity contribution >= 4 is 6.09 Å². The van der Waals surface area contributed by atoms with Crippen LogP contribution in [0.15, 0.2) is 84.1 Å². The Hall–Kier alpha value is -2.81. The summed E-state index contributed by atoms with van der Waals surface area (Å²) in [6, 6.07) is 19.6. The first-order chi connectivity index (χ1) is 11.6. The molecule has 24 heavy (non-hydrogen) atoms. The minimum Gasteiger partial charge on any atom is -0.444 e. The second kappa shape index (κ2) is 7.18. The van der Waals surface area contributed by atoms with Gasteiger partial charge in [-0.25, -0.2) is 4.79 Å². The lowest BCUT2D eigenvalue weighted by molar-refractivity contribution is 0.103. The lowest BCUT2D eigenvalue weighted by atomic mass is 9.97. The molecule has 122 valence electrons. The largest absolute Gasteiger partial charge is 0.444 e. The van der Waals surface area contributed by atoms with Gasteiger partial charge in [0.15, 0.2) is 0 Å². The van der Waals surface area contributed by atoms with Crippen LogP contribution in [0.2, 0.25) is 0 Å². The summed E-state index contributed by atoms with van der Waals surface area (Å²) in [5.74, 6) is 0. The van der Waals surface area contributed by atoms with Crippen LogP contribution in [-0.2, 0) is 11.3 Å². The minimum absolute atomic E-state index is 0.141. The van der Waals surface area contributed by atoms with E-state index in [2.05, 4.69) is 13.0 Å². The molecule has 1 heterocycles. The molecule has 0 saturated heterocycles. The van der Waals surface area contributed by atoms with Gasteiger partial charge in [-0.1, -0.05) is 66.7 Å². The molecule has 0 N–H and O–H groups in total. The molecule has 2 aromatic carbocycles. The fraction of sp³-hybridized carbons (Fsp3) is 0.190. The van der Waals surface area contributed by atoms with Gasteiger partial charge in [0.2, 0.25) is 0 Å². The summed E-state index contributed by atoms with van der Waals surface area (Å²) in [6.07, 6.45) is 3.64. The highest BCUT2D eigenvalue weighted by molar-refractivity contribution is 5.71. The van der Waals surface area contributed by atoms with E-state index in [1.54, 1.807) is 4.90 Å². The number of rotatable bonds is 3. The van der Waals surface area contributed by atoms with Crippen LogP contribution in [0.1, 0.15) is 31.0 Å². The Morgan fingerprint density at radius 1 is 0.958 bits per heavy atom. The maximum atomic E-state index is 12.6. The van der Waals surface area contributed by atoms with Crippen LogP contribution in [0.4, 0.5) is 4.79 Å². The number of nitrogens with zero attached hydrogens (tertiary/aromatic N) is 1. The van der Waals surface area contributed by atoms with Crippen LogP contribution in [0.25, 0.3) is 0 Å². The number of allylic oxidation sites excluding steroid dienone is 2. The average molecular weight is 319 g/mol. The Balaban J connectivity index is 1.79. The topological polar surface area (TPSA) is 29.5 Å². The van der Waals surface area contributed by atoms with Crippen LogP contribution < -0.4 is 0 Å². The zero-order valence-electron chi connectivity index (χ0n) is 14.0. The molecule has 0 spiro atoms. The highest BCUT2D eigenvalue weighted by Gasteiger charge is 2.26. The van der Waals surface area contributed by atoms with Crippen molar-refractivity contribution < 1.29 is 9.53 Å². The summed E-state index contributed by atoms with van der Waals surface area (Å²) in [7, 11) is 0. The zero-order valence-corrected chi connectivity index (χ0v) is 14.0. The Kier molecular flexibility index (Phi) is 4.80. The van der Waals surface area contributed by atoms with Crippen LogP contribution >= 0.6 is 0 Å². The maximum Gasteiger partial charge on any atom is 0.414 e. The molecule has 1 aliphatic heterocycles. The predicted octanol–water partition coefficient (Wildman–Crippen LogP) is 5.23. The predicted molar refractivity (Wildman–Crippen MR) is 95.2 cm³/mol. The van der Waals surface area contributed by atoms with E-state index < -0.39 is 0 Å². The lowest BCUT2D eigenvalue weighted by Gasteiger charge is -2.31. The molecule has 0 aromatic heterocycles. The van der Waals surface area contributed by atoms with Crippen LogP contribution in [-0.4, -0.2) is 11.0 Å². The van der Waals surface area contributed by atoms with E-state index in [9.17, 15) is 4.79 Å². The smallest absolute Gasteiger partial charge is 0.414 e. The zero-order chi connectivity index (χ0) is 16.9. The van der Waals surface area contributed by atoms with Gasteiger partial charge in [-0.05, 0) is 36.1 Å². The van der Waals surface area contributed by atoms with E-state index in [-0.39, 0.29) is 18.7 Å². The second-order valence-corrected chi connectivity index (χ2v) is 5.96. The molecule has 3 rings (SSSR count). The molecule has 0 radical (unpaired) electrons. The molecule has 3 heteroatoms. The monoisotopic (exact) mass is 319 g/mol. The van der Waals surface area contributed by atoms with Crippen molar-refractivity contribution in [2.24, 2.45) is 0 Å². The SMILES string of the molecule is CC1=CC(c2ccccc2)N(C(=O)OCc2ccccc2)C=C1C. The molecule has 3 nitrogen and oxygen atoms in total. The summed E-state index contributed by atoms with van der Waals surface area (Å²) in [5, 5.41) is 0. The Morgan fingerprint density at radius 3 is 2.25 bits per heavy atom. The second-order valence-electron chi connectivity index (χ2n) is 5.96. The van der Waals surface area contributed by atoms with Crippen molar-refractivity contribution in [2.75, 3.05) is 0 Å². The highest BCUT2D eigenvalue weighted by atomic mass is 16.6. The lowest BCUT2D eigenvalue weighted by Crippen LogP contribution is -2.32. The van der Waals surface area contributed by atoms with Crippen LogP contribution in [0, 0.1) is 0 Å². The summed E-state index contributed by atoms with van der Waals surface area (Å²) in [6.45, 7) is 4.34. The number of amides is 1.